The number of anilines is 1. The molecule has 0 saturated carbocycles. The van der Waals surface area contributed by atoms with E-state index in [2.05, 4.69) is 5.32 Å². The van der Waals surface area contributed by atoms with Crippen molar-refractivity contribution in [1.82, 2.24) is 0 Å². The average molecular weight is 306 g/mol. The quantitative estimate of drug-likeness (QED) is 0.689. The third-order valence-electron chi connectivity index (χ3n) is 3.62. The Bertz CT molecular complexity index is 914. The van der Waals surface area contributed by atoms with Gasteiger partial charge in [-0.3, -0.25) is 0 Å². The van der Waals surface area contributed by atoms with Crippen molar-refractivity contribution >= 4 is 28.5 Å². The Labute approximate surface area is 132 Å². The van der Waals surface area contributed by atoms with Gasteiger partial charge in [-0.15, -0.1) is 0 Å². The summed E-state index contributed by atoms with van der Waals surface area (Å²) in [5.74, 6) is -1.13. The fourth-order valence-corrected chi connectivity index (χ4v) is 2.70. The number of nitrogens with one attached hydrogen (secondary N) is 1. The Morgan fingerprint density at radius 2 is 1.52 bits per heavy atom. The van der Waals surface area contributed by atoms with Crippen LogP contribution in [0.2, 0.25) is 0 Å². The highest BCUT2D eigenvalue weighted by atomic mass is 16.4. The first-order valence-electron chi connectivity index (χ1n) is 6.99. The van der Waals surface area contributed by atoms with Crippen LogP contribution in [-0.4, -0.2) is 17.1 Å². The SMILES string of the molecule is NC(=O)Nc1cccc(-c2cccc3ccccc23)c1C(=O)O. The Balaban J connectivity index is 2.30. The Kier molecular flexibility index (Phi) is 3.68. The zero-order valence-electron chi connectivity index (χ0n) is 12.1. The molecule has 5 heteroatoms. The van der Waals surface area contributed by atoms with E-state index < -0.39 is 12.0 Å². The number of hydrogen-bond acceptors (Lipinski definition) is 2. The second-order valence-electron chi connectivity index (χ2n) is 5.05. The highest BCUT2D eigenvalue weighted by molar-refractivity contribution is 6.08. The Hall–Kier alpha value is -3.34. The molecule has 0 aliphatic rings. The molecule has 23 heavy (non-hydrogen) atoms. The van der Waals surface area contributed by atoms with Crippen LogP contribution in [0.5, 0.6) is 0 Å². The maximum Gasteiger partial charge on any atom is 0.338 e. The lowest BCUT2D eigenvalue weighted by atomic mass is 9.93. The number of carbonyl (C=O) groups excluding carboxylic acids is 1. The van der Waals surface area contributed by atoms with Gasteiger partial charge < -0.3 is 16.2 Å². The number of amides is 2. The van der Waals surface area contributed by atoms with Crippen LogP contribution in [0, 0.1) is 0 Å². The predicted octanol–water partition coefficient (Wildman–Crippen LogP) is 3.70. The van der Waals surface area contributed by atoms with Gasteiger partial charge in [-0.25, -0.2) is 9.59 Å². The second-order valence-corrected chi connectivity index (χ2v) is 5.05. The number of fused-ring (bicyclic) bond motifs is 1. The predicted molar refractivity (Wildman–Crippen MR) is 89.5 cm³/mol. The van der Waals surface area contributed by atoms with E-state index in [1.807, 2.05) is 42.5 Å². The molecule has 0 heterocycles. The number of benzene rings is 3. The molecule has 0 aliphatic heterocycles. The monoisotopic (exact) mass is 306 g/mol. The van der Waals surface area contributed by atoms with Crippen LogP contribution >= 0.6 is 0 Å². The van der Waals surface area contributed by atoms with E-state index in [4.69, 9.17) is 5.73 Å². The Morgan fingerprint density at radius 3 is 2.26 bits per heavy atom. The zero-order chi connectivity index (χ0) is 16.4. The largest absolute Gasteiger partial charge is 0.478 e. The summed E-state index contributed by atoms with van der Waals surface area (Å²) < 4.78 is 0. The smallest absolute Gasteiger partial charge is 0.338 e. The minimum absolute atomic E-state index is 0.0163. The van der Waals surface area contributed by atoms with Crippen LogP contribution in [0.4, 0.5) is 10.5 Å². The molecule has 0 fully saturated rings. The molecule has 0 spiro atoms. The summed E-state index contributed by atoms with van der Waals surface area (Å²) in [5, 5.41) is 13.9. The first kappa shape index (κ1) is 14.6. The molecule has 114 valence electrons. The molecule has 3 rings (SSSR count). The molecule has 0 atom stereocenters. The maximum absolute atomic E-state index is 11.7. The lowest BCUT2D eigenvalue weighted by molar-refractivity contribution is 0.0699. The van der Waals surface area contributed by atoms with Gasteiger partial charge in [-0.1, -0.05) is 54.6 Å². The third-order valence-corrected chi connectivity index (χ3v) is 3.62. The number of rotatable bonds is 3. The van der Waals surface area contributed by atoms with E-state index in [1.165, 1.54) is 6.07 Å². The summed E-state index contributed by atoms with van der Waals surface area (Å²) in [4.78, 5) is 22.9. The first-order chi connectivity index (χ1) is 11.1. The summed E-state index contributed by atoms with van der Waals surface area (Å²) in [6.45, 7) is 0. The lowest BCUT2D eigenvalue weighted by Gasteiger charge is -2.13. The zero-order valence-corrected chi connectivity index (χ0v) is 12.1. The highest BCUT2D eigenvalue weighted by Crippen LogP contribution is 2.34. The van der Waals surface area contributed by atoms with E-state index in [0.29, 0.717) is 5.56 Å². The first-order valence-corrected chi connectivity index (χ1v) is 6.99. The van der Waals surface area contributed by atoms with Gasteiger partial charge in [-0.05, 0) is 28.0 Å². The number of hydrogen-bond donors (Lipinski definition) is 3. The van der Waals surface area contributed by atoms with Crippen molar-refractivity contribution in [3.63, 3.8) is 0 Å². The van der Waals surface area contributed by atoms with E-state index >= 15 is 0 Å². The summed E-state index contributed by atoms with van der Waals surface area (Å²) in [6.07, 6.45) is 0. The van der Waals surface area contributed by atoms with Crippen LogP contribution in [0.15, 0.2) is 60.7 Å². The van der Waals surface area contributed by atoms with Crippen LogP contribution in [-0.2, 0) is 0 Å². The van der Waals surface area contributed by atoms with Gasteiger partial charge in [0.1, 0.15) is 0 Å². The van der Waals surface area contributed by atoms with Gasteiger partial charge in [-0.2, -0.15) is 0 Å². The van der Waals surface area contributed by atoms with E-state index in [0.717, 1.165) is 16.3 Å². The van der Waals surface area contributed by atoms with Crippen molar-refractivity contribution < 1.29 is 14.7 Å². The number of nitrogens with two attached hydrogens (primary N) is 1. The number of urea groups is 1. The van der Waals surface area contributed by atoms with Crippen molar-refractivity contribution in [3.8, 4) is 11.1 Å². The topological polar surface area (TPSA) is 92.4 Å². The lowest BCUT2D eigenvalue weighted by Crippen LogP contribution is -2.21. The molecule has 0 bridgehead atoms. The van der Waals surface area contributed by atoms with Crippen molar-refractivity contribution in [2.24, 2.45) is 5.73 Å². The van der Waals surface area contributed by atoms with Crippen molar-refractivity contribution in [3.05, 3.63) is 66.2 Å². The van der Waals surface area contributed by atoms with Crippen molar-refractivity contribution in [2.75, 3.05) is 5.32 Å². The van der Waals surface area contributed by atoms with Crippen LogP contribution < -0.4 is 11.1 Å². The fraction of sp³-hybridized carbons (Fsp3) is 0. The summed E-state index contributed by atoms with van der Waals surface area (Å²) in [7, 11) is 0. The Morgan fingerprint density at radius 1 is 0.870 bits per heavy atom. The number of aromatic carboxylic acids is 1. The van der Waals surface area contributed by atoms with Gasteiger partial charge >= 0.3 is 12.0 Å². The third kappa shape index (κ3) is 2.72. The molecular weight excluding hydrogens is 292 g/mol. The molecule has 0 saturated heterocycles. The number of carboxylic acids is 1. The highest BCUT2D eigenvalue weighted by Gasteiger charge is 2.18. The summed E-state index contributed by atoms with van der Waals surface area (Å²) in [5.41, 5.74) is 6.64. The second kappa shape index (κ2) is 5.81. The average Bonchev–Trinajstić information content (AvgIpc) is 2.53. The van der Waals surface area contributed by atoms with Crippen LogP contribution in [0.1, 0.15) is 10.4 Å². The van der Waals surface area contributed by atoms with E-state index in [-0.39, 0.29) is 11.3 Å². The number of primary amides is 1. The normalized spacial score (nSPS) is 10.4. The van der Waals surface area contributed by atoms with E-state index in [1.54, 1.807) is 12.1 Å². The minimum Gasteiger partial charge on any atom is -0.478 e. The molecule has 4 N–H and O–H groups in total. The number of carbonyl (C=O) groups is 2. The fourth-order valence-electron chi connectivity index (χ4n) is 2.70. The van der Waals surface area contributed by atoms with Gasteiger partial charge in [0.2, 0.25) is 0 Å². The van der Waals surface area contributed by atoms with Gasteiger partial charge in [0.25, 0.3) is 0 Å². The van der Waals surface area contributed by atoms with Crippen LogP contribution in [0.3, 0.4) is 0 Å². The summed E-state index contributed by atoms with van der Waals surface area (Å²) >= 11 is 0. The standard InChI is InChI=1S/C18H14N2O3/c19-18(23)20-15-10-4-9-14(16(15)17(21)22)13-8-3-6-11-5-1-2-7-12(11)13/h1-10H,(H,21,22)(H3,19,20,23). The molecule has 0 aromatic heterocycles. The molecule has 0 aliphatic carbocycles. The molecule has 0 unspecified atom stereocenters. The van der Waals surface area contributed by atoms with Crippen molar-refractivity contribution in [1.29, 1.82) is 0 Å². The minimum atomic E-state index is -1.13. The molecule has 5 nitrogen and oxygen atoms in total. The van der Waals surface area contributed by atoms with Gasteiger partial charge in [0, 0.05) is 0 Å². The van der Waals surface area contributed by atoms with Crippen molar-refractivity contribution in [2.45, 2.75) is 0 Å². The molecule has 0 radical (unpaired) electrons. The molecule has 3 aromatic rings. The van der Waals surface area contributed by atoms with Gasteiger partial charge in [0.05, 0.1) is 11.3 Å². The molecular formula is C18H14N2O3. The van der Waals surface area contributed by atoms with E-state index in [9.17, 15) is 14.7 Å². The maximum atomic E-state index is 11.7. The molecule has 3 aromatic carbocycles. The van der Waals surface area contributed by atoms with Crippen LogP contribution in [0.25, 0.3) is 21.9 Å². The van der Waals surface area contributed by atoms with Gasteiger partial charge in [0.15, 0.2) is 0 Å². The summed E-state index contributed by atoms with van der Waals surface area (Å²) in [6, 6.07) is 17.5. The number of carboxylic acid groups (broad SMARTS) is 1. The molecule has 2 amide bonds.